The van der Waals surface area contributed by atoms with E-state index in [4.69, 9.17) is 5.73 Å². The Labute approximate surface area is 250 Å². The number of primary amides is 1. The second-order valence-corrected chi connectivity index (χ2v) is 13.9. The Kier molecular flexibility index (Phi) is 8.65. The Morgan fingerprint density at radius 2 is 1.63 bits per heavy atom. The summed E-state index contributed by atoms with van der Waals surface area (Å²) >= 11 is 0. The first-order chi connectivity index (χ1) is 19.9. The number of Topliss-reactive ketones (excluding diaryl/α,β-unsaturated/α-hetero) is 1. The fraction of sp³-hybridized carbons (Fsp3) is 0.645. The number of amides is 5. The van der Waals surface area contributed by atoms with E-state index in [9.17, 15) is 24.0 Å². The van der Waals surface area contributed by atoms with Gasteiger partial charge in [-0.3, -0.25) is 19.2 Å². The number of nitrogens with two attached hydrogens (primary N) is 1. The Hall–Kier alpha value is -3.57. The predicted molar refractivity (Wildman–Crippen MR) is 155 cm³/mol. The third kappa shape index (κ3) is 6.10. The molecule has 236 valence electrons. The maximum Gasteiger partial charge on any atom is 0.316 e. The number of nitrogens with one attached hydrogen (secondary N) is 3. The number of hydrogen-bond donors (Lipinski definition) is 4. The van der Waals surface area contributed by atoms with E-state index < -0.39 is 65.0 Å². The van der Waals surface area contributed by atoms with Crippen LogP contribution in [0, 0.1) is 22.7 Å². The van der Waals surface area contributed by atoms with Crippen molar-refractivity contribution < 1.29 is 32.8 Å². The van der Waals surface area contributed by atoms with Gasteiger partial charge in [-0.05, 0) is 35.5 Å². The zero-order valence-corrected chi connectivity index (χ0v) is 25.5. The highest BCUT2D eigenvalue weighted by atomic mass is 19.3. The zero-order chi connectivity index (χ0) is 32.0. The number of halogens is 2. The first-order valence-electron chi connectivity index (χ1n) is 14.9. The number of hydrogen-bond acceptors (Lipinski definition) is 5. The molecule has 0 radical (unpaired) electrons. The van der Waals surface area contributed by atoms with Gasteiger partial charge in [-0.15, -0.1) is 0 Å². The van der Waals surface area contributed by atoms with Crippen molar-refractivity contribution in [1.29, 1.82) is 0 Å². The molecule has 3 aliphatic rings. The molecule has 5 amide bonds. The Balaban J connectivity index is 1.56. The summed E-state index contributed by atoms with van der Waals surface area (Å²) in [6.45, 7) is 8.87. The zero-order valence-electron chi connectivity index (χ0n) is 25.5. The largest absolute Gasteiger partial charge is 0.363 e. The fourth-order valence-corrected chi connectivity index (χ4v) is 6.97. The summed E-state index contributed by atoms with van der Waals surface area (Å²) in [5, 5.41) is 7.71. The highest BCUT2D eigenvalue weighted by molar-refractivity contribution is 6.36. The van der Waals surface area contributed by atoms with Gasteiger partial charge in [0, 0.05) is 12.1 Å². The summed E-state index contributed by atoms with van der Waals surface area (Å²) in [7, 11) is 0. The molecule has 2 aliphatic carbocycles. The monoisotopic (exact) mass is 603 g/mol. The number of carbonyl (C=O) groups is 5. The van der Waals surface area contributed by atoms with Crippen LogP contribution in [0.25, 0.3) is 0 Å². The topological polar surface area (TPSA) is 151 Å². The van der Waals surface area contributed by atoms with E-state index in [0.29, 0.717) is 12.8 Å². The summed E-state index contributed by atoms with van der Waals surface area (Å²) in [4.78, 5) is 65.1. The molecule has 5 N–H and O–H groups in total. The molecule has 0 spiro atoms. The molecule has 12 heteroatoms. The minimum Gasteiger partial charge on any atom is -0.363 e. The molecule has 4 atom stereocenters. The number of piperidine rings is 1. The highest BCUT2D eigenvalue weighted by Crippen LogP contribution is 2.65. The number of carbonyl (C=O) groups excluding carboxylic acids is 5. The van der Waals surface area contributed by atoms with Crippen LogP contribution in [-0.2, 0) is 25.1 Å². The standard InChI is InChI=1S/C31H43F2N5O5/c1-28(2,3)23(26(42)38-17-19-21(29(19,4)5)22(38)25(41)35-16-20(39)24(34)40)36-27(43)37-30(14-10-7-11-15-30)31(32,33)18-12-8-6-9-13-18/h6,8-9,12-13,19,21-23H,7,10-11,14-17H2,1-5H3,(H2,34,40)(H,35,41)(H2,36,37,43)/t19-,21-,22-,23+/m0/s1. The molecule has 1 heterocycles. The van der Waals surface area contributed by atoms with Gasteiger partial charge in [0.15, 0.2) is 0 Å². The van der Waals surface area contributed by atoms with Gasteiger partial charge < -0.3 is 26.6 Å². The molecule has 0 unspecified atom stereocenters. The highest BCUT2D eigenvalue weighted by Gasteiger charge is 2.69. The van der Waals surface area contributed by atoms with Crippen LogP contribution in [0.15, 0.2) is 30.3 Å². The van der Waals surface area contributed by atoms with Gasteiger partial charge in [0.05, 0.1) is 6.54 Å². The summed E-state index contributed by atoms with van der Waals surface area (Å²) in [6.07, 6.45) is 1.97. The van der Waals surface area contributed by atoms with Crippen LogP contribution in [0.3, 0.4) is 0 Å². The van der Waals surface area contributed by atoms with Crippen molar-refractivity contribution in [2.45, 2.75) is 90.3 Å². The van der Waals surface area contributed by atoms with Crippen LogP contribution in [0.1, 0.15) is 72.3 Å². The molecule has 1 aromatic carbocycles. The summed E-state index contributed by atoms with van der Waals surface area (Å²) in [5.41, 5.74) is 1.90. The summed E-state index contributed by atoms with van der Waals surface area (Å²) in [6, 6.07) is 4.44. The maximum atomic E-state index is 16.1. The first kappa shape index (κ1) is 32.3. The van der Waals surface area contributed by atoms with Gasteiger partial charge in [-0.25, -0.2) is 4.79 Å². The van der Waals surface area contributed by atoms with Gasteiger partial charge in [-0.1, -0.05) is 84.2 Å². The van der Waals surface area contributed by atoms with Crippen LogP contribution in [0.5, 0.6) is 0 Å². The van der Waals surface area contributed by atoms with E-state index in [1.165, 1.54) is 29.2 Å². The molecule has 1 saturated heterocycles. The third-order valence-corrected chi connectivity index (χ3v) is 9.64. The lowest BCUT2D eigenvalue weighted by molar-refractivity contribution is -0.144. The molecule has 0 bridgehead atoms. The lowest BCUT2D eigenvalue weighted by Gasteiger charge is -2.44. The van der Waals surface area contributed by atoms with Crippen molar-refractivity contribution in [3.05, 3.63) is 35.9 Å². The minimum absolute atomic E-state index is 0.0172. The van der Waals surface area contributed by atoms with Crippen LogP contribution < -0.4 is 21.7 Å². The number of alkyl halides is 2. The number of urea groups is 1. The first-order valence-corrected chi connectivity index (χ1v) is 14.9. The van der Waals surface area contributed by atoms with Gasteiger partial charge in [0.25, 0.3) is 11.8 Å². The second kappa shape index (κ2) is 11.5. The lowest BCUT2D eigenvalue weighted by atomic mass is 9.74. The molecular weight excluding hydrogens is 560 g/mol. The number of nitrogens with zero attached hydrogens (tertiary/aromatic N) is 1. The molecule has 0 aromatic heterocycles. The third-order valence-electron chi connectivity index (χ3n) is 9.64. The number of benzene rings is 1. The van der Waals surface area contributed by atoms with Crippen molar-refractivity contribution in [2.24, 2.45) is 28.4 Å². The summed E-state index contributed by atoms with van der Waals surface area (Å²) < 4.78 is 32.1. The average Bonchev–Trinajstić information content (AvgIpc) is 3.26. The van der Waals surface area contributed by atoms with Crippen LogP contribution in [-0.4, -0.2) is 65.1 Å². The van der Waals surface area contributed by atoms with Crippen molar-refractivity contribution in [3.63, 3.8) is 0 Å². The van der Waals surface area contributed by atoms with E-state index in [-0.39, 0.29) is 42.2 Å². The van der Waals surface area contributed by atoms with Crippen LogP contribution in [0.4, 0.5) is 13.6 Å². The fourth-order valence-electron chi connectivity index (χ4n) is 6.97. The van der Waals surface area contributed by atoms with Crippen LogP contribution >= 0.6 is 0 Å². The molecule has 43 heavy (non-hydrogen) atoms. The van der Waals surface area contributed by atoms with Crippen molar-refractivity contribution in [1.82, 2.24) is 20.9 Å². The molecule has 10 nitrogen and oxygen atoms in total. The number of ketones is 1. The number of likely N-dealkylation sites (tertiary alicyclic amines) is 1. The maximum absolute atomic E-state index is 16.1. The normalized spacial score (nSPS) is 24.7. The van der Waals surface area contributed by atoms with E-state index >= 15 is 8.78 Å². The van der Waals surface area contributed by atoms with Crippen molar-refractivity contribution >= 4 is 29.5 Å². The quantitative estimate of drug-likeness (QED) is 0.320. The summed E-state index contributed by atoms with van der Waals surface area (Å²) in [5.74, 6) is -6.80. The van der Waals surface area contributed by atoms with E-state index in [1.807, 2.05) is 13.8 Å². The van der Waals surface area contributed by atoms with E-state index in [1.54, 1.807) is 26.8 Å². The minimum atomic E-state index is -3.36. The van der Waals surface area contributed by atoms with Gasteiger partial charge >= 0.3 is 6.03 Å². The SMILES string of the molecule is CC(C)(C)[C@H](NC(=O)NC1(C(F)(F)c2ccccc2)CCCCC1)C(=O)N1C[C@H]2[C@@H]([C@H]1C(=O)NCC(=O)C(N)=O)C2(C)C. The Bertz CT molecular complexity index is 1270. The lowest BCUT2D eigenvalue weighted by Crippen LogP contribution is -2.65. The smallest absolute Gasteiger partial charge is 0.316 e. The molecule has 1 aromatic rings. The van der Waals surface area contributed by atoms with E-state index in [2.05, 4.69) is 16.0 Å². The predicted octanol–water partition coefficient (Wildman–Crippen LogP) is 2.85. The molecule has 1 aliphatic heterocycles. The van der Waals surface area contributed by atoms with Gasteiger partial charge in [0.1, 0.15) is 17.6 Å². The number of rotatable bonds is 9. The van der Waals surface area contributed by atoms with Gasteiger partial charge in [0.2, 0.25) is 17.6 Å². The Morgan fingerprint density at radius 3 is 2.19 bits per heavy atom. The van der Waals surface area contributed by atoms with E-state index in [0.717, 1.165) is 6.42 Å². The molecule has 4 rings (SSSR count). The molecular formula is C31H43F2N5O5. The Morgan fingerprint density at radius 1 is 1.02 bits per heavy atom. The molecule has 2 saturated carbocycles. The number of fused-ring (bicyclic) bond motifs is 1. The van der Waals surface area contributed by atoms with Crippen molar-refractivity contribution in [3.8, 4) is 0 Å². The van der Waals surface area contributed by atoms with Crippen LogP contribution in [0.2, 0.25) is 0 Å². The van der Waals surface area contributed by atoms with Crippen molar-refractivity contribution in [2.75, 3.05) is 13.1 Å². The average molecular weight is 604 g/mol. The second-order valence-electron chi connectivity index (χ2n) is 13.9. The van der Waals surface area contributed by atoms with Gasteiger partial charge in [-0.2, -0.15) is 8.78 Å². The molecule has 3 fully saturated rings.